The normalized spacial score (nSPS) is 17.1. The Balaban J connectivity index is 1.75. The molecule has 3 heterocycles. The fraction of sp³-hybridized carbons (Fsp3) is 0.111. The molecule has 0 radical (unpaired) electrons. The van der Waals surface area contributed by atoms with E-state index in [0.29, 0.717) is 11.3 Å². The molecule has 0 unspecified atom stereocenters. The van der Waals surface area contributed by atoms with Crippen LogP contribution in [0, 0.1) is 0 Å². The molecule has 1 aliphatic heterocycles. The lowest BCUT2D eigenvalue weighted by molar-refractivity contribution is 0.0714. The van der Waals surface area contributed by atoms with Crippen LogP contribution in [0.5, 0.6) is 5.75 Å². The summed E-state index contributed by atoms with van der Waals surface area (Å²) in [5.74, 6) is 0.0546. The van der Waals surface area contributed by atoms with Gasteiger partial charge in [-0.15, -0.1) is 22.7 Å². The summed E-state index contributed by atoms with van der Waals surface area (Å²) in [7, 11) is 0. The van der Waals surface area contributed by atoms with Crippen LogP contribution in [0.2, 0.25) is 0 Å². The Morgan fingerprint density at radius 2 is 1.88 bits per heavy atom. The van der Waals surface area contributed by atoms with Gasteiger partial charge < -0.3 is 5.11 Å². The molecule has 4 nitrogen and oxygen atoms in total. The molecule has 0 spiro atoms. The van der Waals surface area contributed by atoms with Crippen LogP contribution in [0.1, 0.15) is 32.6 Å². The van der Waals surface area contributed by atoms with Gasteiger partial charge in [0.25, 0.3) is 5.91 Å². The molecule has 2 aromatic heterocycles. The molecule has 0 saturated carbocycles. The Kier molecular flexibility index (Phi) is 3.92. The number of carbonyl (C=O) groups excluding carboxylic acids is 1. The number of nitrogens with zero attached hydrogens (tertiary/aromatic N) is 2. The fourth-order valence-corrected chi connectivity index (χ4v) is 4.19. The Bertz CT molecular complexity index is 886. The maximum absolute atomic E-state index is 12.9. The third-order valence-electron chi connectivity index (χ3n) is 3.95. The first kappa shape index (κ1) is 15.1. The molecular weight excluding hydrogens is 340 g/mol. The topological polar surface area (TPSA) is 52.9 Å². The molecule has 1 N–H and O–H groups in total. The molecule has 1 amide bonds. The van der Waals surface area contributed by atoms with Gasteiger partial charge in [-0.25, -0.2) is 5.01 Å². The first-order valence-electron chi connectivity index (χ1n) is 7.50. The molecule has 3 aromatic rings. The molecule has 4 rings (SSSR count). The van der Waals surface area contributed by atoms with Gasteiger partial charge in [-0.1, -0.05) is 30.3 Å². The summed E-state index contributed by atoms with van der Waals surface area (Å²) in [6, 6.07) is 14.5. The van der Waals surface area contributed by atoms with Crippen molar-refractivity contribution in [3.05, 3.63) is 74.6 Å². The van der Waals surface area contributed by atoms with Crippen molar-refractivity contribution in [2.45, 2.75) is 12.5 Å². The largest absolute Gasteiger partial charge is 0.508 e. The van der Waals surface area contributed by atoms with Crippen LogP contribution in [-0.4, -0.2) is 21.7 Å². The van der Waals surface area contributed by atoms with Crippen molar-refractivity contribution < 1.29 is 9.90 Å². The number of rotatable bonds is 3. The first-order valence-corrected chi connectivity index (χ1v) is 9.26. The van der Waals surface area contributed by atoms with Crippen LogP contribution in [0.4, 0.5) is 0 Å². The Morgan fingerprint density at radius 1 is 1.08 bits per heavy atom. The zero-order valence-corrected chi connectivity index (χ0v) is 14.3. The quantitative estimate of drug-likeness (QED) is 0.752. The fourth-order valence-electron chi connectivity index (χ4n) is 2.81. The second kappa shape index (κ2) is 6.22. The predicted octanol–water partition coefficient (Wildman–Crippen LogP) is 4.51. The van der Waals surface area contributed by atoms with Gasteiger partial charge in [-0.05, 0) is 29.0 Å². The lowest BCUT2D eigenvalue weighted by atomic mass is 10.00. The van der Waals surface area contributed by atoms with Crippen molar-refractivity contribution in [1.82, 2.24) is 5.01 Å². The molecular formula is C18H14N2O2S2. The number of phenolic OH excluding ortho intramolecular Hbond substituents is 1. The van der Waals surface area contributed by atoms with Gasteiger partial charge in [0, 0.05) is 12.0 Å². The number of benzene rings is 1. The summed E-state index contributed by atoms with van der Waals surface area (Å²) in [5, 5.41) is 20.2. The van der Waals surface area contributed by atoms with Gasteiger partial charge >= 0.3 is 0 Å². The smallest absolute Gasteiger partial charge is 0.284 e. The summed E-state index contributed by atoms with van der Waals surface area (Å²) in [5.41, 5.74) is 1.60. The number of thiophene rings is 2. The standard InChI is InChI=1S/C18H14N2O2S2/c21-15-6-2-1-5-12(15)14-11-13(16-7-3-9-23-16)19-20(14)18(22)17-8-4-10-24-17/h1-10,14,21H,11H2/t14-/m0/s1. The van der Waals surface area contributed by atoms with Crippen molar-refractivity contribution in [2.24, 2.45) is 5.10 Å². The zero-order chi connectivity index (χ0) is 16.5. The molecule has 1 aliphatic rings. The second-order valence-corrected chi connectivity index (χ2v) is 7.33. The Hall–Kier alpha value is -2.44. The van der Waals surface area contributed by atoms with E-state index in [1.807, 2.05) is 41.1 Å². The number of phenols is 1. The second-order valence-electron chi connectivity index (χ2n) is 5.43. The zero-order valence-electron chi connectivity index (χ0n) is 12.6. The van der Waals surface area contributed by atoms with E-state index >= 15 is 0 Å². The predicted molar refractivity (Wildman–Crippen MR) is 96.8 cm³/mol. The number of hydrogen-bond acceptors (Lipinski definition) is 5. The molecule has 1 atom stereocenters. The van der Waals surface area contributed by atoms with E-state index in [0.717, 1.165) is 16.2 Å². The third kappa shape index (κ3) is 2.64. The number of hydrogen-bond donors (Lipinski definition) is 1. The van der Waals surface area contributed by atoms with Crippen molar-refractivity contribution in [3.8, 4) is 5.75 Å². The van der Waals surface area contributed by atoms with E-state index in [1.54, 1.807) is 29.5 Å². The van der Waals surface area contributed by atoms with E-state index in [-0.39, 0.29) is 17.7 Å². The Labute approximate surface area is 147 Å². The summed E-state index contributed by atoms with van der Waals surface area (Å²) in [4.78, 5) is 14.6. The molecule has 0 aliphatic carbocycles. The lowest BCUT2D eigenvalue weighted by Crippen LogP contribution is -2.26. The van der Waals surface area contributed by atoms with E-state index < -0.39 is 0 Å². The average Bonchev–Trinajstić information content (AvgIpc) is 3.34. The monoisotopic (exact) mass is 354 g/mol. The highest BCUT2D eigenvalue weighted by Crippen LogP contribution is 2.38. The van der Waals surface area contributed by atoms with Gasteiger partial charge in [-0.2, -0.15) is 5.10 Å². The van der Waals surface area contributed by atoms with Crippen LogP contribution in [0.15, 0.2) is 64.4 Å². The molecule has 1 aromatic carbocycles. The minimum Gasteiger partial charge on any atom is -0.508 e. The number of para-hydroxylation sites is 1. The van der Waals surface area contributed by atoms with Crippen LogP contribution >= 0.6 is 22.7 Å². The highest BCUT2D eigenvalue weighted by molar-refractivity contribution is 7.12. The minimum absolute atomic E-state index is 0.134. The lowest BCUT2D eigenvalue weighted by Gasteiger charge is -2.22. The maximum atomic E-state index is 12.9. The number of hydrazone groups is 1. The number of amides is 1. The number of carbonyl (C=O) groups is 1. The van der Waals surface area contributed by atoms with Gasteiger partial charge in [0.1, 0.15) is 5.75 Å². The average molecular weight is 354 g/mol. The van der Waals surface area contributed by atoms with E-state index in [9.17, 15) is 9.90 Å². The van der Waals surface area contributed by atoms with Crippen LogP contribution in [-0.2, 0) is 0 Å². The SMILES string of the molecule is O=C(c1cccs1)N1N=C(c2cccs2)C[C@H]1c1ccccc1O. The molecule has 120 valence electrons. The highest BCUT2D eigenvalue weighted by Gasteiger charge is 2.35. The summed E-state index contributed by atoms with van der Waals surface area (Å²) in [6.07, 6.45) is 0.592. The summed E-state index contributed by atoms with van der Waals surface area (Å²) >= 11 is 3.00. The summed E-state index contributed by atoms with van der Waals surface area (Å²) < 4.78 is 0. The molecule has 24 heavy (non-hydrogen) atoms. The van der Waals surface area contributed by atoms with Crippen molar-refractivity contribution in [3.63, 3.8) is 0 Å². The van der Waals surface area contributed by atoms with Crippen LogP contribution in [0.3, 0.4) is 0 Å². The van der Waals surface area contributed by atoms with E-state index in [2.05, 4.69) is 5.10 Å². The van der Waals surface area contributed by atoms with Gasteiger partial charge in [0.2, 0.25) is 0 Å². The van der Waals surface area contributed by atoms with Gasteiger partial charge in [0.05, 0.1) is 21.5 Å². The van der Waals surface area contributed by atoms with Crippen molar-refractivity contribution in [1.29, 1.82) is 0 Å². The highest BCUT2D eigenvalue weighted by atomic mass is 32.1. The number of aromatic hydroxyl groups is 1. The van der Waals surface area contributed by atoms with E-state index in [4.69, 9.17) is 0 Å². The first-order chi connectivity index (χ1) is 11.7. The maximum Gasteiger partial charge on any atom is 0.284 e. The molecule has 6 heteroatoms. The van der Waals surface area contributed by atoms with Crippen LogP contribution < -0.4 is 0 Å². The third-order valence-corrected chi connectivity index (χ3v) is 5.73. The minimum atomic E-state index is -0.294. The van der Waals surface area contributed by atoms with Gasteiger partial charge in [-0.3, -0.25) is 4.79 Å². The summed E-state index contributed by atoms with van der Waals surface area (Å²) in [6.45, 7) is 0. The van der Waals surface area contributed by atoms with Crippen molar-refractivity contribution >= 4 is 34.3 Å². The van der Waals surface area contributed by atoms with E-state index in [1.165, 1.54) is 16.3 Å². The molecule has 0 saturated heterocycles. The molecule has 0 fully saturated rings. The van der Waals surface area contributed by atoms with Crippen molar-refractivity contribution in [2.75, 3.05) is 0 Å². The van der Waals surface area contributed by atoms with Crippen LogP contribution in [0.25, 0.3) is 0 Å². The Morgan fingerprint density at radius 3 is 2.58 bits per heavy atom. The molecule has 0 bridgehead atoms. The van der Waals surface area contributed by atoms with Gasteiger partial charge in [0.15, 0.2) is 0 Å².